The van der Waals surface area contributed by atoms with Crippen molar-refractivity contribution in [1.29, 1.82) is 0 Å². The lowest BCUT2D eigenvalue weighted by molar-refractivity contribution is -0.122. The molecule has 1 aromatic heterocycles. The molecular weight excluding hydrogens is 272 g/mol. The SMILES string of the molecule is CCc1c(C(=O)O)nnn1CC(=O)NC(C)CCC(C)C. The second kappa shape index (κ2) is 7.75. The van der Waals surface area contributed by atoms with Crippen LogP contribution in [-0.2, 0) is 17.8 Å². The van der Waals surface area contributed by atoms with Crippen molar-refractivity contribution >= 4 is 11.9 Å². The van der Waals surface area contributed by atoms with Crippen LogP contribution in [0.1, 0.15) is 56.7 Å². The van der Waals surface area contributed by atoms with E-state index in [0.717, 1.165) is 12.8 Å². The molecule has 0 aromatic carbocycles. The van der Waals surface area contributed by atoms with Crippen LogP contribution in [0.4, 0.5) is 0 Å². The van der Waals surface area contributed by atoms with Crippen LogP contribution >= 0.6 is 0 Å². The average Bonchev–Trinajstić information content (AvgIpc) is 2.78. The maximum absolute atomic E-state index is 12.0. The fourth-order valence-corrected chi connectivity index (χ4v) is 2.09. The van der Waals surface area contributed by atoms with Gasteiger partial charge in [-0.15, -0.1) is 5.10 Å². The number of carbonyl (C=O) groups is 2. The number of aromatic carboxylic acids is 1. The van der Waals surface area contributed by atoms with Crippen molar-refractivity contribution in [3.8, 4) is 0 Å². The Hall–Kier alpha value is -1.92. The van der Waals surface area contributed by atoms with Crippen LogP contribution < -0.4 is 5.32 Å². The zero-order chi connectivity index (χ0) is 16.0. The van der Waals surface area contributed by atoms with Crippen LogP contribution in [-0.4, -0.2) is 38.0 Å². The monoisotopic (exact) mass is 296 g/mol. The van der Waals surface area contributed by atoms with E-state index in [0.29, 0.717) is 18.0 Å². The third-order valence-electron chi connectivity index (χ3n) is 3.25. The summed E-state index contributed by atoms with van der Waals surface area (Å²) in [5.74, 6) is -0.698. The zero-order valence-electron chi connectivity index (χ0n) is 13.1. The Morgan fingerprint density at radius 3 is 2.48 bits per heavy atom. The van der Waals surface area contributed by atoms with E-state index < -0.39 is 5.97 Å². The van der Waals surface area contributed by atoms with Crippen LogP contribution in [0.15, 0.2) is 0 Å². The maximum Gasteiger partial charge on any atom is 0.358 e. The van der Waals surface area contributed by atoms with Gasteiger partial charge >= 0.3 is 5.97 Å². The second-order valence-electron chi connectivity index (χ2n) is 5.64. The van der Waals surface area contributed by atoms with Crippen LogP contribution in [0.5, 0.6) is 0 Å². The van der Waals surface area contributed by atoms with E-state index in [1.807, 2.05) is 13.8 Å². The van der Waals surface area contributed by atoms with Gasteiger partial charge in [0.25, 0.3) is 0 Å². The highest BCUT2D eigenvalue weighted by Crippen LogP contribution is 2.08. The van der Waals surface area contributed by atoms with E-state index in [4.69, 9.17) is 5.11 Å². The normalized spacial score (nSPS) is 12.4. The number of hydrogen-bond donors (Lipinski definition) is 2. The number of carboxylic acids is 1. The summed E-state index contributed by atoms with van der Waals surface area (Å²) in [5.41, 5.74) is 0.380. The lowest BCUT2D eigenvalue weighted by Gasteiger charge is -2.15. The minimum atomic E-state index is -1.12. The molecule has 1 heterocycles. The third-order valence-corrected chi connectivity index (χ3v) is 3.25. The molecule has 0 radical (unpaired) electrons. The molecule has 7 nitrogen and oxygen atoms in total. The molecular formula is C14H24N4O3. The summed E-state index contributed by atoms with van der Waals surface area (Å²) >= 11 is 0. The molecule has 7 heteroatoms. The molecule has 0 saturated carbocycles. The van der Waals surface area contributed by atoms with Gasteiger partial charge in [-0.05, 0) is 32.1 Å². The average molecular weight is 296 g/mol. The molecule has 21 heavy (non-hydrogen) atoms. The van der Waals surface area contributed by atoms with Crippen LogP contribution in [0.3, 0.4) is 0 Å². The Bertz CT molecular complexity index is 496. The molecule has 2 N–H and O–H groups in total. The molecule has 0 saturated heterocycles. The fraction of sp³-hybridized carbons (Fsp3) is 0.714. The first-order valence-corrected chi connectivity index (χ1v) is 7.30. The van der Waals surface area contributed by atoms with Crippen molar-refractivity contribution in [2.75, 3.05) is 0 Å². The summed E-state index contributed by atoms with van der Waals surface area (Å²) in [7, 11) is 0. The Kier molecular flexibility index (Phi) is 6.33. The Balaban J connectivity index is 2.61. The number of carboxylic acid groups (broad SMARTS) is 1. The highest BCUT2D eigenvalue weighted by Gasteiger charge is 2.19. The van der Waals surface area contributed by atoms with Gasteiger partial charge in [0.15, 0.2) is 5.69 Å². The lowest BCUT2D eigenvalue weighted by Crippen LogP contribution is -2.35. The molecule has 0 spiro atoms. The van der Waals surface area contributed by atoms with E-state index >= 15 is 0 Å². The van der Waals surface area contributed by atoms with Gasteiger partial charge < -0.3 is 10.4 Å². The summed E-state index contributed by atoms with van der Waals surface area (Å²) in [4.78, 5) is 23.0. The topological polar surface area (TPSA) is 97.1 Å². The lowest BCUT2D eigenvalue weighted by atomic mass is 10.0. The van der Waals surface area contributed by atoms with Gasteiger partial charge in [-0.25, -0.2) is 9.48 Å². The molecule has 1 amide bonds. The smallest absolute Gasteiger partial charge is 0.358 e. The molecule has 0 aliphatic heterocycles. The molecule has 118 valence electrons. The van der Waals surface area contributed by atoms with E-state index in [2.05, 4.69) is 29.5 Å². The zero-order valence-corrected chi connectivity index (χ0v) is 13.1. The number of aromatic nitrogens is 3. The summed E-state index contributed by atoms with van der Waals surface area (Å²) in [6.07, 6.45) is 2.43. The van der Waals surface area contributed by atoms with Crippen molar-refractivity contribution in [3.05, 3.63) is 11.4 Å². The van der Waals surface area contributed by atoms with Crippen LogP contribution in [0.25, 0.3) is 0 Å². The molecule has 0 aliphatic rings. The number of nitrogens with one attached hydrogen (secondary N) is 1. The first-order valence-electron chi connectivity index (χ1n) is 7.30. The predicted molar refractivity (Wildman–Crippen MR) is 78.0 cm³/mol. The van der Waals surface area contributed by atoms with Crippen molar-refractivity contribution < 1.29 is 14.7 Å². The minimum Gasteiger partial charge on any atom is -0.476 e. The summed E-state index contributed by atoms with van der Waals surface area (Å²) in [6.45, 7) is 8.06. The molecule has 0 bridgehead atoms. The third kappa shape index (κ3) is 5.17. The second-order valence-corrected chi connectivity index (χ2v) is 5.64. The summed E-state index contributed by atoms with van der Waals surface area (Å²) < 4.78 is 1.36. The maximum atomic E-state index is 12.0. The Morgan fingerprint density at radius 2 is 1.95 bits per heavy atom. The van der Waals surface area contributed by atoms with Gasteiger partial charge in [0.2, 0.25) is 5.91 Å². The fourth-order valence-electron chi connectivity index (χ4n) is 2.09. The molecule has 0 fully saturated rings. The highest BCUT2D eigenvalue weighted by atomic mass is 16.4. The number of carbonyl (C=O) groups excluding carboxylic acids is 1. The minimum absolute atomic E-state index is 0.00449. The molecule has 1 unspecified atom stereocenters. The van der Waals surface area contributed by atoms with Gasteiger partial charge in [-0.1, -0.05) is 26.0 Å². The van der Waals surface area contributed by atoms with E-state index in [1.165, 1.54) is 4.68 Å². The molecule has 1 atom stereocenters. The highest BCUT2D eigenvalue weighted by molar-refractivity contribution is 5.86. The summed E-state index contributed by atoms with van der Waals surface area (Å²) in [5, 5.41) is 19.3. The number of nitrogens with zero attached hydrogens (tertiary/aromatic N) is 3. The van der Waals surface area contributed by atoms with Gasteiger partial charge in [-0.3, -0.25) is 4.79 Å². The van der Waals surface area contributed by atoms with Gasteiger partial charge in [0.05, 0.1) is 5.69 Å². The quantitative estimate of drug-likeness (QED) is 0.757. The molecule has 0 aliphatic carbocycles. The van der Waals surface area contributed by atoms with Gasteiger partial charge in [0.1, 0.15) is 6.54 Å². The number of rotatable bonds is 8. The van der Waals surface area contributed by atoms with E-state index in [9.17, 15) is 9.59 Å². The molecule has 1 aromatic rings. The standard InChI is InChI=1S/C14H24N4O3/c1-5-11-13(14(20)21)16-17-18(11)8-12(19)15-10(4)7-6-9(2)3/h9-10H,5-8H2,1-4H3,(H,15,19)(H,20,21). The van der Waals surface area contributed by atoms with Crippen molar-refractivity contribution in [3.63, 3.8) is 0 Å². The Morgan fingerprint density at radius 1 is 1.29 bits per heavy atom. The summed E-state index contributed by atoms with van der Waals surface area (Å²) in [6, 6.07) is 0.0902. The first-order chi connectivity index (χ1) is 9.85. The van der Waals surface area contributed by atoms with Crippen molar-refractivity contribution in [1.82, 2.24) is 20.3 Å². The first kappa shape index (κ1) is 17.1. The van der Waals surface area contributed by atoms with E-state index in [1.54, 1.807) is 0 Å². The number of hydrogen-bond acceptors (Lipinski definition) is 4. The van der Waals surface area contributed by atoms with Crippen LogP contribution in [0.2, 0.25) is 0 Å². The number of amides is 1. The van der Waals surface area contributed by atoms with Gasteiger partial charge in [-0.2, -0.15) is 0 Å². The Labute approximate surface area is 124 Å². The molecule has 1 rings (SSSR count). The van der Waals surface area contributed by atoms with E-state index in [-0.39, 0.29) is 24.2 Å². The van der Waals surface area contributed by atoms with Crippen LogP contribution in [0, 0.1) is 5.92 Å². The largest absolute Gasteiger partial charge is 0.476 e. The van der Waals surface area contributed by atoms with Crippen molar-refractivity contribution in [2.24, 2.45) is 5.92 Å². The van der Waals surface area contributed by atoms with Gasteiger partial charge in [0, 0.05) is 6.04 Å². The predicted octanol–water partition coefficient (Wildman–Crippen LogP) is 1.48. The van der Waals surface area contributed by atoms with Crippen molar-refractivity contribution in [2.45, 2.75) is 59.5 Å².